The van der Waals surface area contributed by atoms with Crippen molar-refractivity contribution in [2.75, 3.05) is 25.7 Å². The van der Waals surface area contributed by atoms with Gasteiger partial charge < -0.3 is 10.2 Å². The van der Waals surface area contributed by atoms with Gasteiger partial charge in [0.15, 0.2) is 0 Å². The van der Waals surface area contributed by atoms with Gasteiger partial charge in [-0.15, -0.1) is 11.8 Å². The van der Waals surface area contributed by atoms with E-state index in [9.17, 15) is 4.79 Å². The fourth-order valence-electron chi connectivity index (χ4n) is 0.936. The van der Waals surface area contributed by atoms with Gasteiger partial charge >= 0.3 is 6.03 Å². The lowest BCUT2D eigenvalue weighted by Gasteiger charge is -2.12. The minimum absolute atomic E-state index is 0.108. The van der Waals surface area contributed by atoms with Crippen LogP contribution in [0.2, 0.25) is 0 Å². The number of thioether (sulfide) groups is 1. The fourth-order valence-corrected chi connectivity index (χ4v) is 1.40. The molecule has 0 radical (unpaired) electrons. The molecule has 0 heterocycles. The molecule has 0 fully saturated rings. The summed E-state index contributed by atoms with van der Waals surface area (Å²) in [6.07, 6.45) is 2.01. The monoisotopic (exact) mass is 210 g/mol. The molecule has 0 aliphatic heterocycles. The summed E-state index contributed by atoms with van der Waals surface area (Å²) in [7, 11) is 3.43. The molecule has 0 saturated carbocycles. The molecule has 0 bridgehead atoms. The Morgan fingerprint density at radius 3 is 2.71 bits per heavy atom. The first-order valence-corrected chi connectivity index (χ1v) is 5.48. The van der Waals surface area contributed by atoms with Crippen molar-refractivity contribution in [3.8, 4) is 0 Å². The molecule has 1 aromatic carbocycles. The zero-order valence-corrected chi connectivity index (χ0v) is 9.39. The first kappa shape index (κ1) is 10.9. The van der Waals surface area contributed by atoms with Gasteiger partial charge in [0.2, 0.25) is 0 Å². The van der Waals surface area contributed by atoms with Crippen molar-refractivity contribution in [1.29, 1.82) is 0 Å². The van der Waals surface area contributed by atoms with E-state index in [0.717, 1.165) is 10.6 Å². The summed E-state index contributed by atoms with van der Waals surface area (Å²) in [5.41, 5.74) is 0.829. The number of hydrogen-bond acceptors (Lipinski definition) is 2. The van der Waals surface area contributed by atoms with Crippen molar-refractivity contribution in [3.63, 3.8) is 0 Å². The van der Waals surface area contributed by atoms with Gasteiger partial charge in [-0.1, -0.05) is 6.07 Å². The molecule has 1 rings (SSSR count). The molecule has 0 unspecified atom stereocenters. The van der Waals surface area contributed by atoms with Gasteiger partial charge in [-0.3, -0.25) is 0 Å². The number of rotatable bonds is 2. The molecule has 0 aliphatic carbocycles. The molecular formula is C10H14N2OS. The molecule has 0 aliphatic rings. The zero-order chi connectivity index (χ0) is 10.6. The summed E-state index contributed by atoms with van der Waals surface area (Å²) < 4.78 is 0. The highest BCUT2D eigenvalue weighted by Gasteiger charge is 2.03. The Balaban J connectivity index is 2.72. The van der Waals surface area contributed by atoms with Gasteiger partial charge in [0.1, 0.15) is 0 Å². The first-order valence-electron chi connectivity index (χ1n) is 4.26. The van der Waals surface area contributed by atoms with Crippen LogP contribution in [-0.2, 0) is 0 Å². The lowest BCUT2D eigenvalue weighted by molar-refractivity contribution is 0.230. The van der Waals surface area contributed by atoms with Crippen molar-refractivity contribution in [3.05, 3.63) is 24.3 Å². The molecule has 4 heteroatoms. The van der Waals surface area contributed by atoms with E-state index in [1.54, 1.807) is 25.9 Å². The number of urea groups is 1. The largest absolute Gasteiger partial charge is 0.331 e. The van der Waals surface area contributed by atoms with Crippen LogP contribution < -0.4 is 5.32 Å². The molecule has 0 saturated heterocycles. The van der Waals surface area contributed by atoms with E-state index in [2.05, 4.69) is 5.32 Å². The van der Waals surface area contributed by atoms with Gasteiger partial charge in [-0.05, 0) is 24.5 Å². The quantitative estimate of drug-likeness (QED) is 0.761. The number of benzene rings is 1. The number of carbonyl (C=O) groups excluding carboxylic acids is 1. The molecule has 2 amide bonds. The topological polar surface area (TPSA) is 32.3 Å². The van der Waals surface area contributed by atoms with E-state index in [0.29, 0.717) is 0 Å². The summed E-state index contributed by atoms with van der Waals surface area (Å²) in [6, 6.07) is 7.66. The van der Waals surface area contributed by atoms with E-state index in [-0.39, 0.29) is 6.03 Å². The number of nitrogens with one attached hydrogen (secondary N) is 1. The third kappa shape index (κ3) is 2.96. The van der Waals surface area contributed by atoms with Crippen LogP contribution in [0.5, 0.6) is 0 Å². The average Bonchev–Trinajstić information content (AvgIpc) is 2.18. The van der Waals surface area contributed by atoms with Crippen molar-refractivity contribution < 1.29 is 4.79 Å². The smallest absolute Gasteiger partial charge is 0.321 e. The number of amides is 2. The normalized spacial score (nSPS) is 9.64. The number of anilines is 1. The summed E-state index contributed by atoms with van der Waals surface area (Å²) in [5.74, 6) is 0. The summed E-state index contributed by atoms with van der Waals surface area (Å²) in [4.78, 5) is 14.0. The molecule has 0 spiro atoms. The highest BCUT2D eigenvalue weighted by Crippen LogP contribution is 2.18. The van der Waals surface area contributed by atoms with Crippen LogP contribution in [-0.4, -0.2) is 31.3 Å². The second-order valence-electron chi connectivity index (χ2n) is 3.06. The Morgan fingerprint density at radius 1 is 1.43 bits per heavy atom. The van der Waals surface area contributed by atoms with Crippen LogP contribution in [0.15, 0.2) is 29.2 Å². The molecule has 1 aromatic rings. The Kier molecular flexibility index (Phi) is 3.83. The molecule has 0 aromatic heterocycles. The lowest BCUT2D eigenvalue weighted by Crippen LogP contribution is -2.27. The second-order valence-corrected chi connectivity index (χ2v) is 3.94. The Hall–Kier alpha value is -1.16. The zero-order valence-electron chi connectivity index (χ0n) is 8.57. The van der Waals surface area contributed by atoms with Crippen molar-refractivity contribution in [1.82, 2.24) is 4.90 Å². The Bertz CT molecular complexity index is 326. The van der Waals surface area contributed by atoms with E-state index >= 15 is 0 Å². The van der Waals surface area contributed by atoms with Crippen LogP contribution in [0.25, 0.3) is 0 Å². The standard InChI is InChI=1S/C10H14N2OS/c1-12(2)10(13)11-8-5-4-6-9(7-8)14-3/h4-7H,1-3H3,(H,11,13). The van der Waals surface area contributed by atoms with Crippen molar-refractivity contribution in [2.45, 2.75) is 4.90 Å². The molecule has 1 N–H and O–H groups in total. The predicted octanol–water partition coefficient (Wildman–Crippen LogP) is 2.50. The van der Waals surface area contributed by atoms with Crippen LogP contribution in [0.1, 0.15) is 0 Å². The van der Waals surface area contributed by atoms with Crippen LogP contribution in [0, 0.1) is 0 Å². The minimum atomic E-state index is -0.108. The van der Waals surface area contributed by atoms with E-state index in [4.69, 9.17) is 0 Å². The van der Waals surface area contributed by atoms with Crippen LogP contribution in [0.4, 0.5) is 10.5 Å². The molecule has 76 valence electrons. The molecule has 3 nitrogen and oxygen atoms in total. The number of carbonyl (C=O) groups is 1. The average molecular weight is 210 g/mol. The van der Waals surface area contributed by atoms with Gasteiger partial charge in [-0.2, -0.15) is 0 Å². The summed E-state index contributed by atoms with van der Waals surface area (Å²) in [6.45, 7) is 0. The van der Waals surface area contributed by atoms with Gasteiger partial charge in [0.05, 0.1) is 0 Å². The van der Waals surface area contributed by atoms with E-state index in [1.165, 1.54) is 4.90 Å². The Labute approximate surface area is 88.5 Å². The van der Waals surface area contributed by atoms with Gasteiger partial charge in [-0.25, -0.2) is 4.79 Å². The second kappa shape index (κ2) is 4.91. The van der Waals surface area contributed by atoms with Gasteiger partial charge in [0, 0.05) is 24.7 Å². The van der Waals surface area contributed by atoms with Crippen LogP contribution >= 0.6 is 11.8 Å². The molecule has 14 heavy (non-hydrogen) atoms. The highest BCUT2D eigenvalue weighted by molar-refractivity contribution is 7.98. The van der Waals surface area contributed by atoms with Crippen LogP contribution in [0.3, 0.4) is 0 Å². The Morgan fingerprint density at radius 2 is 2.14 bits per heavy atom. The number of nitrogens with zero attached hydrogens (tertiary/aromatic N) is 1. The molecular weight excluding hydrogens is 196 g/mol. The van der Waals surface area contributed by atoms with Gasteiger partial charge in [0.25, 0.3) is 0 Å². The lowest BCUT2D eigenvalue weighted by atomic mass is 10.3. The first-order chi connectivity index (χ1) is 6.63. The van der Waals surface area contributed by atoms with E-state index < -0.39 is 0 Å². The maximum Gasteiger partial charge on any atom is 0.321 e. The molecule has 0 atom stereocenters. The van der Waals surface area contributed by atoms with Crippen molar-refractivity contribution in [2.24, 2.45) is 0 Å². The number of hydrogen-bond donors (Lipinski definition) is 1. The fraction of sp³-hybridized carbons (Fsp3) is 0.300. The maximum atomic E-state index is 11.3. The SMILES string of the molecule is CSc1cccc(NC(=O)N(C)C)c1. The highest BCUT2D eigenvalue weighted by atomic mass is 32.2. The third-order valence-corrected chi connectivity index (χ3v) is 2.45. The predicted molar refractivity (Wildman–Crippen MR) is 60.9 cm³/mol. The van der Waals surface area contributed by atoms with E-state index in [1.807, 2.05) is 30.5 Å². The summed E-state index contributed by atoms with van der Waals surface area (Å²) in [5, 5.41) is 2.79. The third-order valence-electron chi connectivity index (χ3n) is 1.73. The maximum absolute atomic E-state index is 11.3. The van der Waals surface area contributed by atoms with Crippen molar-refractivity contribution >= 4 is 23.5 Å². The minimum Gasteiger partial charge on any atom is -0.331 e. The summed E-state index contributed by atoms with van der Waals surface area (Å²) >= 11 is 1.65.